The van der Waals surface area contributed by atoms with Gasteiger partial charge < -0.3 is 19.5 Å². The molecule has 0 aromatic heterocycles. The van der Waals surface area contributed by atoms with Crippen molar-refractivity contribution in [2.75, 3.05) is 31.7 Å². The highest BCUT2D eigenvalue weighted by atomic mass is 32.2. The predicted octanol–water partition coefficient (Wildman–Crippen LogP) is 4.43. The molecule has 1 N–H and O–H groups in total. The molecule has 0 aliphatic carbocycles. The Morgan fingerprint density at radius 1 is 0.947 bits per heavy atom. The smallest absolute Gasteiger partial charge is 0.270 e. The fourth-order valence-corrected chi connectivity index (χ4v) is 6.04. The average molecular weight is 541 g/mol. The zero-order chi connectivity index (χ0) is 27.4. The minimum absolute atomic E-state index is 0.0750. The molecule has 4 rings (SSSR count). The van der Waals surface area contributed by atoms with Crippen molar-refractivity contribution in [3.05, 3.63) is 88.1 Å². The summed E-state index contributed by atoms with van der Waals surface area (Å²) < 4.78 is 59.9. The maximum atomic E-state index is 14.6. The van der Waals surface area contributed by atoms with Gasteiger partial charge in [0.15, 0.2) is 16.4 Å². The summed E-state index contributed by atoms with van der Waals surface area (Å²) >= 11 is 0. The number of carbonyl (C=O) groups is 1. The van der Waals surface area contributed by atoms with Crippen LogP contribution in [0.4, 0.5) is 10.1 Å². The first-order valence-electron chi connectivity index (χ1n) is 11.9. The van der Waals surface area contributed by atoms with Crippen molar-refractivity contribution in [2.24, 2.45) is 0 Å². The number of aryl methyl sites for hydroxylation is 1. The number of hydrogen-bond donors (Lipinski definition) is 1. The Bertz CT molecular complexity index is 1500. The van der Waals surface area contributed by atoms with Crippen LogP contribution >= 0.6 is 0 Å². The van der Waals surface area contributed by atoms with E-state index in [1.54, 1.807) is 19.1 Å². The van der Waals surface area contributed by atoms with E-state index < -0.39 is 26.7 Å². The predicted molar refractivity (Wildman–Crippen MR) is 143 cm³/mol. The average Bonchev–Trinajstić information content (AvgIpc) is 2.90. The number of ether oxygens (including phenoxy) is 3. The number of nitrogens with zero attached hydrogens (tertiary/aromatic N) is 1. The number of methoxy groups -OCH3 is 2. The van der Waals surface area contributed by atoms with Crippen LogP contribution in [0.25, 0.3) is 5.57 Å². The molecule has 200 valence electrons. The fraction of sp³-hybridized carbons (Fsp3) is 0.250. The Hall–Kier alpha value is -4.05. The van der Waals surface area contributed by atoms with E-state index >= 15 is 0 Å². The second kappa shape index (κ2) is 11.1. The van der Waals surface area contributed by atoms with Crippen LogP contribution in [0.1, 0.15) is 23.6 Å². The van der Waals surface area contributed by atoms with Gasteiger partial charge in [0, 0.05) is 17.2 Å². The van der Waals surface area contributed by atoms with Crippen molar-refractivity contribution in [1.29, 1.82) is 0 Å². The van der Waals surface area contributed by atoms with Crippen LogP contribution in [0, 0.1) is 12.7 Å². The molecule has 0 fully saturated rings. The lowest BCUT2D eigenvalue weighted by molar-refractivity contribution is -0.116. The van der Waals surface area contributed by atoms with Gasteiger partial charge in [0.1, 0.15) is 18.2 Å². The molecule has 10 heteroatoms. The van der Waals surface area contributed by atoms with Crippen LogP contribution in [-0.4, -0.2) is 41.7 Å². The van der Waals surface area contributed by atoms with E-state index in [1.165, 1.54) is 38.5 Å². The van der Waals surface area contributed by atoms with Crippen LogP contribution in [0.3, 0.4) is 0 Å². The zero-order valence-electron chi connectivity index (χ0n) is 21.6. The Labute approximate surface area is 221 Å². The Morgan fingerprint density at radius 2 is 1.61 bits per heavy atom. The number of anilines is 1. The number of benzene rings is 3. The molecule has 1 aliphatic rings. The first-order valence-corrected chi connectivity index (χ1v) is 13.3. The van der Waals surface area contributed by atoms with Gasteiger partial charge in [-0.2, -0.15) is 0 Å². The summed E-state index contributed by atoms with van der Waals surface area (Å²) in [5.41, 5.74) is 2.04. The molecule has 1 heterocycles. The summed E-state index contributed by atoms with van der Waals surface area (Å²) in [5.74, 6) is -0.00477. The number of nitrogens with one attached hydrogen (secondary N) is 1. The maximum Gasteiger partial charge on any atom is 0.270 e. The molecule has 0 spiro atoms. The van der Waals surface area contributed by atoms with Crippen LogP contribution in [0.15, 0.2) is 65.6 Å². The van der Waals surface area contributed by atoms with Gasteiger partial charge in [-0.25, -0.2) is 12.8 Å². The van der Waals surface area contributed by atoms with E-state index in [-0.39, 0.29) is 36.5 Å². The van der Waals surface area contributed by atoms with Gasteiger partial charge in [0.05, 0.1) is 33.0 Å². The molecule has 3 aromatic carbocycles. The van der Waals surface area contributed by atoms with E-state index in [9.17, 15) is 17.6 Å². The maximum absolute atomic E-state index is 14.6. The van der Waals surface area contributed by atoms with E-state index in [1.807, 2.05) is 31.2 Å². The number of halogens is 1. The zero-order valence-corrected chi connectivity index (χ0v) is 22.4. The molecular formula is C28H29FN2O6S. The molecule has 0 atom stereocenters. The number of para-hydroxylation sites is 1. The second-order valence-corrected chi connectivity index (χ2v) is 10.5. The number of sulfonamides is 1. The summed E-state index contributed by atoms with van der Waals surface area (Å²) in [6, 6.07) is 16.5. The topological polar surface area (TPSA) is 94.2 Å². The van der Waals surface area contributed by atoms with Crippen molar-refractivity contribution < 1.29 is 31.8 Å². The Kier molecular flexibility index (Phi) is 7.91. The van der Waals surface area contributed by atoms with Gasteiger partial charge in [0.2, 0.25) is 0 Å². The summed E-state index contributed by atoms with van der Waals surface area (Å²) in [6.07, 6.45) is 0. The molecular weight excluding hydrogens is 511 g/mol. The van der Waals surface area contributed by atoms with Crippen molar-refractivity contribution in [1.82, 2.24) is 5.32 Å². The molecule has 0 radical (unpaired) electrons. The van der Waals surface area contributed by atoms with Gasteiger partial charge in [-0.15, -0.1) is 0 Å². The number of amides is 1. The first-order chi connectivity index (χ1) is 18.2. The largest absolute Gasteiger partial charge is 0.493 e. The van der Waals surface area contributed by atoms with Crippen molar-refractivity contribution in [3.63, 3.8) is 0 Å². The molecule has 1 aliphatic heterocycles. The second-order valence-electron chi connectivity index (χ2n) is 8.65. The van der Waals surface area contributed by atoms with Crippen molar-refractivity contribution in [2.45, 2.75) is 20.4 Å². The third-order valence-corrected chi connectivity index (χ3v) is 8.19. The lowest BCUT2D eigenvalue weighted by Gasteiger charge is -2.33. The van der Waals surface area contributed by atoms with Crippen molar-refractivity contribution in [3.8, 4) is 17.2 Å². The van der Waals surface area contributed by atoms with Crippen LogP contribution in [0.2, 0.25) is 0 Å². The molecule has 38 heavy (non-hydrogen) atoms. The summed E-state index contributed by atoms with van der Waals surface area (Å²) in [6.45, 7) is 3.36. The number of allylic oxidation sites excluding steroid dienone is 1. The lowest BCUT2D eigenvalue weighted by atomic mass is 10.0. The lowest BCUT2D eigenvalue weighted by Crippen LogP contribution is -2.41. The van der Waals surface area contributed by atoms with Crippen LogP contribution < -0.4 is 23.8 Å². The van der Waals surface area contributed by atoms with E-state index in [4.69, 9.17) is 14.2 Å². The Morgan fingerprint density at radius 3 is 2.29 bits per heavy atom. The number of fused-ring (bicyclic) bond motifs is 1. The van der Waals surface area contributed by atoms with Crippen LogP contribution in [0.5, 0.6) is 17.2 Å². The molecule has 0 bridgehead atoms. The normalized spacial score (nSPS) is 14.1. The van der Waals surface area contributed by atoms with Crippen molar-refractivity contribution >= 4 is 27.2 Å². The van der Waals surface area contributed by atoms with Gasteiger partial charge in [-0.3, -0.25) is 9.10 Å². The summed E-state index contributed by atoms with van der Waals surface area (Å²) in [5, 5.41) is 2.65. The minimum atomic E-state index is -4.38. The highest BCUT2D eigenvalue weighted by molar-refractivity contribution is 7.97. The highest BCUT2D eigenvalue weighted by Gasteiger charge is 2.40. The molecule has 3 aromatic rings. The molecule has 8 nitrogen and oxygen atoms in total. The number of carbonyl (C=O) groups excluding carboxylic acids is 1. The third-order valence-electron chi connectivity index (χ3n) is 6.28. The van der Waals surface area contributed by atoms with E-state index in [0.717, 1.165) is 9.87 Å². The van der Waals surface area contributed by atoms with Gasteiger partial charge >= 0.3 is 0 Å². The SMILES string of the molecule is COc1cc2c(cc1OC)N(Cc1ccccc1F)S(=O)(=O)C(C(=O)NCCOc1ccccc1C)=C2C. The monoisotopic (exact) mass is 540 g/mol. The first kappa shape index (κ1) is 27.0. The standard InChI is InChI=1S/C28H29FN2O6S/c1-18-9-5-8-12-24(18)37-14-13-30-28(32)27-19(2)21-15-25(35-3)26(36-4)16-23(21)31(38(27,33)34)17-20-10-6-7-11-22(20)29/h5-12,15-16H,13-14,17H2,1-4H3,(H,30,32). The Balaban J connectivity index is 1.70. The third kappa shape index (κ3) is 5.17. The van der Waals surface area contributed by atoms with Gasteiger partial charge in [-0.05, 0) is 43.2 Å². The molecule has 0 saturated heterocycles. The summed E-state index contributed by atoms with van der Waals surface area (Å²) in [7, 11) is -1.49. The van der Waals surface area contributed by atoms with Crippen LogP contribution in [-0.2, 0) is 21.4 Å². The highest BCUT2D eigenvalue weighted by Crippen LogP contribution is 2.45. The van der Waals surface area contributed by atoms with Gasteiger partial charge in [0.25, 0.3) is 15.9 Å². The number of hydrogen-bond acceptors (Lipinski definition) is 6. The minimum Gasteiger partial charge on any atom is -0.493 e. The molecule has 0 unspecified atom stereocenters. The molecule has 1 amide bonds. The van der Waals surface area contributed by atoms with E-state index in [2.05, 4.69) is 5.32 Å². The van der Waals surface area contributed by atoms with E-state index in [0.29, 0.717) is 22.8 Å². The molecule has 0 saturated carbocycles. The van der Waals surface area contributed by atoms with Gasteiger partial charge in [-0.1, -0.05) is 36.4 Å². The fourth-order valence-electron chi connectivity index (χ4n) is 4.29. The number of rotatable bonds is 9. The quantitative estimate of drug-likeness (QED) is 0.404. The summed E-state index contributed by atoms with van der Waals surface area (Å²) in [4.78, 5) is 12.9.